The number of hydrogen-bond acceptors (Lipinski definition) is 3. The molecule has 0 aliphatic rings. The van der Waals surface area contributed by atoms with Crippen LogP contribution in [-0.2, 0) is 0 Å². The molecule has 7 heteroatoms. The molecule has 0 unspecified atom stereocenters. The van der Waals surface area contributed by atoms with Crippen LogP contribution < -0.4 is 5.32 Å². The number of alkyl halides is 3. The van der Waals surface area contributed by atoms with Crippen LogP contribution in [0.4, 0.5) is 18.9 Å². The molecule has 2 rings (SSSR count). The van der Waals surface area contributed by atoms with Gasteiger partial charge in [-0.25, -0.2) is 4.99 Å². The molecule has 0 saturated carbocycles. The van der Waals surface area contributed by atoms with Gasteiger partial charge in [0.05, 0.1) is 11.4 Å². The molecule has 148 valence electrons. The fraction of sp³-hybridized carbons (Fsp3) is 0.238. The number of anilines is 1. The molecule has 0 spiro atoms. The number of aromatic nitrogens is 1. The highest BCUT2D eigenvalue weighted by atomic mass is 35.5. The largest absolute Gasteiger partial charge is 0.421 e. The number of halogens is 4. The second kappa shape index (κ2) is 9.55. The quantitative estimate of drug-likeness (QED) is 0.332. The maximum absolute atomic E-state index is 13.9. The van der Waals surface area contributed by atoms with Gasteiger partial charge in [-0.1, -0.05) is 48.4 Å². The average Bonchev–Trinajstić information content (AvgIpc) is 2.63. The first-order valence-corrected chi connectivity index (χ1v) is 9.08. The maximum atomic E-state index is 13.9. The monoisotopic (exact) mass is 407 g/mol. The van der Waals surface area contributed by atoms with Gasteiger partial charge in [0.25, 0.3) is 0 Å². The molecule has 1 heterocycles. The van der Waals surface area contributed by atoms with E-state index in [1.54, 1.807) is 44.2 Å². The number of aliphatic imine (C=N–C) groups is 1. The third-order valence-corrected chi connectivity index (χ3v) is 4.07. The first kappa shape index (κ1) is 21.7. The fourth-order valence-electron chi connectivity index (χ4n) is 2.43. The minimum atomic E-state index is -4.69. The summed E-state index contributed by atoms with van der Waals surface area (Å²) in [6.07, 6.45) is -1.32. The Bertz CT molecular complexity index is 883. The standard InChI is InChI=1S/C21H21ClF3N3/c1-4-7-18(28-16-11-9-14(2)10-12-16)19(21(23,24)25)20(22)27-15(3)17-8-5-6-13-26-17/h5-13,28H,4H2,1-3H3/b18-7-,20-19+,27-15+. The van der Waals surface area contributed by atoms with E-state index in [4.69, 9.17) is 11.6 Å². The van der Waals surface area contributed by atoms with Gasteiger partial charge in [0.2, 0.25) is 0 Å². The number of hydrogen-bond donors (Lipinski definition) is 1. The molecule has 0 radical (unpaired) electrons. The number of aryl methyl sites for hydroxylation is 1. The minimum absolute atomic E-state index is 0.138. The molecule has 0 saturated heterocycles. The van der Waals surface area contributed by atoms with Crippen LogP contribution in [0.15, 0.2) is 76.2 Å². The summed E-state index contributed by atoms with van der Waals surface area (Å²) in [5.41, 5.74) is 1.12. The first-order valence-electron chi connectivity index (χ1n) is 8.70. The van der Waals surface area contributed by atoms with Crippen LogP contribution in [0, 0.1) is 6.92 Å². The number of nitrogens with one attached hydrogen (secondary N) is 1. The lowest BCUT2D eigenvalue weighted by molar-refractivity contribution is -0.0896. The molecule has 0 bridgehead atoms. The van der Waals surface area contributed by atoms with Crippen LogP contribution >= 0.6 is 11.6 Å². The van der Waals surface area contributed by atoms with Crippen molar-refractivity contribution in [1.82, 2.24) is 4.98 Å². The summed E-state index contributed by atoms with van der Waals surface area (Å²) in [5, 5.41) is 2.18. The van der Waals surface area contributed by atoms with Gasteiger partial charge in [-0.15, -0.1) is 0 Å². The van der Waals surface area contributed by atoms with Crippen LogP contribution in [0.5, 0.6) is 0 Å². The Balaban J connectivity index is 2.50. The maximum Gasteiger partial charge on any atom is 0.421 e. The van der Waals surface area contributed by atoms with Crippen LogP contribution in [-0.4, -0.2) is 16.9 Å². The highest BCUT2D eigenvalue weighted by molar-refractivity contribution is 6.31. The molecule has 1 aromatic heterocycles. The predicted octanol–water partition coefficient (Wildman–Crippen LogP) is 6.62. The van der Waals surface area contributed by atoms with E-state index >= 15 is 0 Å². The summed E-state index contributed by atoms with van der Waals surface area (Å²) >= 11 is 6.06. The summed E-state index contributed by atoms with van der Waals surface area (Å²) in [6.45, 7) is 5.22. The van der Waals surface area contributed by atoms with Crippen LogP contribution in [0.25, 0.3) is 0 Å². The van der Waals surface area contributed by atoms with Crippen molar-refractivity contribution in [3.05, 3.63) is 82.4 Å². The number of nitrogens with zero attached hydrogens (tertiary/aromatic N) is 2. The van der Waals surface area contributed by atoms with Gasteiger partial charge in [-0.2, -0.15) is 13.2 Å². The number of pyridine rings is 1. The van der Waals surface area contributed by atoms with Crippen molar-refractivity contribution in [1.29, 1.82) is 0 Å². The molecule has 0 aliphatic heterocycles. The van der Waals surface area contributed by atoms with Crippen molar-refractivity contribution < 1.29 is 13.2 Å². The summed E-state index contributed by atoms with van der Waals surface area (Å²) in [6, 6.07) is 12.1. The van der Waals surface area contributed by atoms with Crippen molar-refractivity contribution in [3.8, 4) is 0 Å². The van der Waals surface area contributed by atoms with Gasteiger partial charge >= 0.3 is 6.18 Å². The van der Waals surface area contributed by atoms with E-state index in [0.717, 1.165) is 5.56 Å². The molecule has 2 aromatic rings. The van der Waals surface area contributed by atoms with Crippen LogP contribution in [0.1, 0.15) is 31.5 Å². The van der Waals surface area contributed by atoms with Crippen LogP contribution in [0.3, 0.4) is 0 Å². The summed E-state index contributed by atoms with van der Waals surface area (Å²) in [7, 11) is 0. The lowest BCUT2D eigenvalue weighted by Gasteiger charge is -2.18. The second-order valence-corrected chi connectivity index (χ2v) is 6.45. The molecule has 0 atom stereocenters. The summed E-state index contributed by atoms with van der Waals surface area (Å²) in [4.78, 5) is 8.06. The van der Waals surface area contributed by atoms with Crippen molar-refractivity contribution in [2.24, 2.45) is 4.99 Å². The zero-order valence-corrected chi connectivity index (χ0v) is 16.6. The topological polar surface area (TPSA) is 37.3 Å². The van der Waals surface area contributed by atoms with E-state index in [0.29, 0.717) is 23.5 Å². The lowest BCUT2D eigenvalue weighted by Crippen LogP contribution is -2.19. The van der Waals surface area contributed by atoms with E-state index < -0.39 is 16.9 Å². The Labute approximate surface area is 167 Å². The van der Waals surface area contributed by atoms with Crippen molar-refractivity contribution in [2.45, 2.75) is 33.4 Å². The van der Waals surface area contributed by atoms with E-state index in [2.05, 4.69) is 15.3 Å². The van der Waals surface area contributed by atoms with E-state index in [1.165, 1.54) is 12.3 Å². The Morgan fingerprint density at radius 3 is 2.39 bits per heavy atom. The SMILES string of the molecule is CC/C=C(Nc1ccc(C)cc1)/C(=C(Cl)\N=C(/C)c1ccccn1)C(F)(F)F. The second-order valence-electron chi connectivity index (χ2n) is 6.09. The minimum Gasteiger partial charge on any atom is -0.355 e. The number of rotatable bonds is 6. The van der Waals surface area contributed by atoms with Gasteiger partial charge < -0.3 is 5.32 Å². The average molecular weight is 408 g/mol. The molecule has 3 nitrogen and oxygen atoms in total. The summed E-state index contributed by atoms with van der Waals surface area (Å²) < 4.78 is 41.6. The first-order chi connectivity index (χ1) is 13.2. The molecule has 0 fully saturated rings. The lowest BCUT2D eigenvalue weighted by atomic mass is 10.1. The van der Waals surface area contributed by atoms with Crippen LogP contribution in [0.2, 0.25) is 0 Å². The molecular weight excluding hydrogens is 387 g/mol. The smallest absolute Gasteiger partial charge is 0.355 e. The molecule has 1 N–H and O–H groups in total. The van der Waals surface area contributed by atoms with E-state index in [-0.39, 0.29) is 5.70 Å². The Morgan fingerprint density at radius 1 is 1.18 bits per heavy atom. The molecule has 1 aromatic carbocycles. The van der Waals surface area contributed by atoms with Gasteiger partial charge in [-0.3, -0.25) is 4.98 Å². The van der Waals surface area contributed by atoms with Crippen molar-refractivity contribution in [3.63, 3.8) is 0 Å². The third-order valence-electron chi connectivity index (χ3n) is 3.80. The Kier molecular flexibility index (Phi) is 7.40. The summed E-state index contributed by atoms with van der Waals surface area (Å²) in [5.74, 6) is 0. The molecular formula is C21H21ClF3N3. The van der Waals surface area contributed by atoms with Gasteiger partial charge in [0.1, 0.15) is 10.7 Å². The predicted molar refractivity (Wildman–Crippen MR) is 109 cm³/mol. The third kappa shape index (κ3) is 5.96. The molecule has 0 aliphatic carbocycles. The van der Waals surface area contributed by atoms with Gasteiger partial charge in [-0.05, 0) is 44.5 Å². The van der Waals surface area contributed by atoms with Gasteiger partial charge in [0.15, 0.2) is 0 Å². The fourth-order valence-corrected chi connectivity index (χ4v) is 2.77. The number of allylic oxidation sites excluding steroid dienone is 2. The molecule has 28 heavy (non-hydrogen) atoms. The van der Waals surface area contributed by atoms with E-state index in [1.807, 2.05) is 19.1 Å². The highest BCUT2D eigenvalue weighted by Gasteiger charge is 2.39. The normalized spacial score (nSPS) is 14.0. The van der Waals surface area contributed by atoms with Crippen molar-refractivity contribution in [2.75, 3.05) is 5.32 Å². The zero-order chi connectivity index (χ0) is 20.7. The van der Waals surface area contributed by atoms with Crippen molar-refractivity contribution >= 4 is 23.0 Å². The zero-order valence-electron chi connectivity index (χ0n) is 15.8. The Hall–Kier alpha value is -2.60. The highest BCUT2D eigenvalue weighted by Crippen LogP contribution is 2.36. The Morgan fingerprint density at radius 2 is 1.86 bits per heavy atom. The van der Waals surface area contributed by atoms with E-state index in [9.17, 15) is 13.2 Å². The van der Waals surface area contributed by atoms with Gasteiger partial charge in [0, 0.05) is 17.6 Å². The number of benzene rings is 1. The molecule has 0 amide bonds.